The molecule has 1 aromatic carbocycles. The van der Waals surface area contributed by atoms with E-state index in [0.29, 0.717) is 12.2 Å². The van der Waals surface area contributed by atoms with Crippen molar-refractivity contribution >= 4 is 22.9 Å². The number of benzene rings is 1. The number of para-hydroxylation sites is 2. The van der Waals surface area contributed by atoms with Crippen molar-refractivity contribution in [3.8, 4) is 0 Å². The van der Waals surface area contributed by atoms with Crippen molar-refractivity contribution in [3.05, 3.63) is 54.6 Å². The summed E-state index contributed by atoms with van der Waals surface area (Å²) < 4.78 is 0. The van der Waals surface area contributed by atoms with Crippen molar-refractivity contribution in [2.75, 3.05) is 44.2 Å². The number of hydrogen-bond donors (Lipinski definition) is 1. The first-order chi connectivity index (χ1) is 13.8. The molecule has 0 aliphatic carbocycles. The standard InChI is InChI=1S/C20H23N7O/c28-19(18-15-24-16-5-1-2-6-17(16)25-18)21-9-4-10-26-11-13-27(14-12-26)20-22-7-3-8-23-20/h1-3,5-8,15H,4,9-14H2,(H,21,28). The van der Waals surface area contributed by atoms with Gasteiger partial charge in [0, 0.05) is 45.1 Å². The lowest BCUT2D eigenvalue weighted by Gasteiger charge is -2.34. The predicted molar refractivity (Wildman–Crippen MR) is 107 cm³/mol. The molecule has 4 rings (SSSR count). The van der Waals surface area contributed by atoms with E-state index < -0.39 is 0 Å². The molecule has 1 N–H and O–H groups in total. The Balaban J connectivity index is 1.19. The Morgan fingerprint density at radius 3 is 2.50 bits per heavy atom. The van der Waals surface area contributed by atoms with Crippen LogP contribution in [0.15, 0.2) is 48.9 Å². The van der Waals surface area contributed by atoms with E-state index in [1.165, 1.54) is 6.20 Å². The fourth-order valence-electron chi connectivity index (χ4n) is 3.29. The van der Waals surface area contributed by atoms with Crippen LogP contribution in [0.1, 0.15) is 16.9 Å². The maximum absolute atomic E-state index is 12.3. The average molecular weight is 377 g/mol. The van der Waals surface area contributed by atoms with Gasteiger partial charge >= 0.3 is 0 Å². The van der Waals surface area contributed by atoms with Crippen LogP contribution in [-0.4, -0.2) is 70.0 Å². The van der Waals surface area contributed by atoms with Crippen LogP contribution < -0.4 is 10.2 Å². The maximum atomic E-state index is 12.3. The van der Waals surface area contributed by atoms with Gasteiger partial charge in [-0.2, -0.15) is 0 Å². The molecular formula is C20H23N7O. The van der Waals surface area contributed by atoms with E-state index in [1.807, 2.05) is 30.3 Å². The number of carbonyl (C=O) groups is 1. The molecule has 0 bridgehead atoms. The lowest BCUT2D eigenvalue weighted by atomic mass is 10.3. The molecule has 3 aromatic rings. The minimum Gasteiger partial charge on any atom is -0.351 e. The fourth-order valence-corrected chi connectivity index (χ4v) is 3.29. The Morgan fingerprint density at radius 2 is 1.71 bits per heavy atom. The summed E-state index contributed by atoms with van der Waals surface area (Å²) >= 11 is 0. The Hall–Kier alpha value is -3.13. The summed E-state index contributed by atoms with van der Waals surface area (Å²) in [5.41, 5.74) is 1.88. The van der Waals surface area contributed by atoms with Gasteiger partial charge < -0.3 is 10.2 Å². The summed E-state index contributed by atoms with van der Waals surface area (Å²) in [6.07, 6.45) is 5.98. The molecule has 2 aromatic heterocycles. The van der Waals surface area contributed by atoms with Crippen molar-refractivity contribution in [2.45, 2.75) is 6.42 Å². The van der Waals surface area contributed by atoms with Gasteiger partial charge in [-0.25, -0.2) is 15.0 Å². The highest BCUT2D eigenvalue weighted by atomic mass is 16.1. The number of amides is 1. The summed E-state index contributed by atoms with van der Waals surface area (Å²) in [4.78, 5) is 34.2. The van der Waals surface area contributed by atoms with Crippen LogP contribution in [0.3, 0.4) is 0 Å². The number of piperazine rings is 1. The number of rotatable bonds is 6. The van der Waals surface area contributed by atoms with E-state index >= 15 is 0 Å². The smallest absolute Gasteiger partial charge is 0.271 e. The Bertz CT molecular complexity index is 926. The van der Waals surface area contributed by atoms with Gasteiger partial charge in [-0.15, -0.1) is 0 Å². The lowest BCUT2D eigenvalue weighted by Crippen LogP contribution is -2.47. The normalized spacial score (nSPS) is 14.9. The van der Waals surface area contributed by atoms with Crippen molar-refractivity contribution in [1.82, 2.24) is 30.2 Å². The third-order valence-corrected chi connectivity index (χ3v) is 4.83. The highest BCUT2D eigenvalue weighted by Gasteiger charge is 2.18. The minimum absolute atomic E-state index is 0.177. The van der Waals surface area contributed by atoms with Crippen molar-refractivity contribution in [2.24, 2.45) is 0 Å². The molecule has 0 saturated carbocycles. The molecular weight excluding hydrogens is 354 g/mol. The Morgan fingerprint density at radius 1 is 0.964 bits per heavy atom. The monoisotopic (exact) mass is 377 g/mol. The van der Waals surface area contributed by atoms with E-state index in [2.05, 4.69) is 35.1 Å². The van der Waals surface area contributed by atoms with Crippen LogP contribution in [0, 0.1) is 0 Å². The first kappa shape index (κ1) is 18.2. The lowest BCUT2D eigenvalue weighted by molar-refractivity contribution is 0.0946. The molecule has 1 amide bonds. The second kappa shape index (κ2) is 8.71. The molecule has 8 heteroatoms. The van der Waals surface area contributed by atoms with Crippen LogP contribution in [0.25, 0.3) is 11.0 Å². The first-order valence-electron chi connectivity index (χ1n) is 9.54. The van der Waals surface area contributed by atoms with E-state index in [0.717, 1.165) is 56.1 Å². The summed E-state index contributed by atoms with van der Waals surface area (Å²) in [6.45, 7) is 5.36. The molecule has 1 fully saturated rings. The van der Waals surface area contributed by atoms with Gasteiger partial charge in [-0.05, 0) is 31.2 Å². The number of aromatic nitrogens is 4. The summed E-state index contributed by atoms with van der Waals surface area (Å²) in [7, 11) is 0. The van der Waals surface area contributed by atoms with Crippen molar-refractivity contribution in [3.63, 3.8) is 0 Å². The Labute approximate surface area is 163 Å². The van der Waals surface area contributed by atoms with Gasteiger partial charge in [-0.1, -0.05) is 12.1 Å². The highest BCUT2D eigenvalue weighted by Crippen LogP contribution is 2.10. The SMILES string of the molecule is O=C(NCCCN1CCN(c2ncccn2)CC1)c1cnc2ccccc2n1. The zero-order valence-electron chi connectivity index (χ0n) is 15.7. The molecule has 144 valence electrons. The van der Waals surface area contributed by atoms with E-state index in [-0.39, 0.29) is 5.91 Å². The molecule has 0 radical (unpaired) electrons. The number of anilines is 1. The topological polar surface area (TPSA) is 87.1 Å². The molecule has 1 saturated heterocycles. The van der Waals surface area contributed by atoms with Crippen molar-refractivity contribution < 1.29 is 4.79 Å². The van der Waals surface area contributed by atoms with Crippen LogP contribution in [0.5, 0.6) is 0 Å². The fraction of sp³-hybridized carbons (Fsp3) is 0.350. The van der Waals surface area contributed by atoms with Crippen LogP contribution in [0.4, 0.5) is 5.95 Å². The molecule has 0 unspecified atom stereocenters. The van der Waals surface area contributed by atoms with E-state index in [4.69, 9.17) is 0 Å². The predicted octanol–water partition coefficient (Wildman–Crippen LogP) is 1.36. The third-order valence-electron chi connectivity index (χ3n) is 4.83. The number of nitrogens with zero attached hydrogens (tertiary/aromatic N) is 6. The highest BCUT2D eigenvalue weighted by molar-refractivity contribution is 5.93. The zero-order chi connectivity index (χ0) is 19.2. The average Bonchev–Trinajstić information content (AvgIpc) is 2.77. The second-order valence-electron chi connectivity index (χ2n) is 6.73. The van der Waals surface area contributed by atoms with Crippen LogP contribution >= 0.6 is 0 Å². The van der Waals surface area contributed by atoms with Gasteiger partial charge in [0.1, 0.15) is 5.69 Å². The molecule has 8 nitrogen and oxygen atoms in total. The quantitative estimate of drug-likeness (QED) is 0.649. The number of fused-ring (bicyclic) bond motifs is 1. The molecule has 1 aliphatic rings. The van der Waals surface area contributed by atoms with Gasteiger partial charge in [0.2, 0.25) is 5.95 Å². The number of carbonyl (C=O) groups excluding carboxylic acids is 1. The molecule has 1 aliphatic heterocycles. The third kappa shape index (κ3) is 4.40. The molecule has 28 heavy (non-hydrogen) atoms. The minimum atomic E-state index is -0.177. The summed E-state index contributed by atoms with van der Waals surface area (Å²) in [5.74, 6) is 0.621. The van der Waals surface area contributed by atoms with E-state index in [1.54, 1.807) is 12.4 Å². The zero-order valence-corrected chi connectivity index (χ0v) is 15.7. The molecule has 0 atom stereocenters. The van der Waals surface area contributed by atoms with Crippen LogP contribution in [0.2, 0.25) is 0 Å². The van der Waals surface area contributed by atoms with Gasteiger partial charge in [0.05, 0.1) is 17.2 Å². The Kier molecular flexibility index (Phi) is 5.67. The largest absolute Gasteiger partial charge is 0.351 e. The number of hydrogen-bond acceptors (Lipinski definition) is 7. The summed E-state index contributed by atoms with van der Waals surface area (Å²) in [5, 5.41) is 2.94. The van der Waals surface area contributed by atoms with E-state index in [9.17, 15) is 4.79 Å². The molecule has 3 heterocycles. The summed E-state index contributed by atoms with van der Waals surface area (Å²) in [6, 6.07) is 9.37. The second-order valence-corrected chi connectivity index (χ2v) is 6.73. The molecule has 0 spiro atoms. The van der Waals surface area contributed by atoms with Gasteiger partial charge in [-0.3, -0.25) is 14.7 Å². The van der Waals surface area contributed by atoms with Gasteiger partial charge in [0.15, 0.2) is 0 Å². The first-order valence-corrected chi connectivity index (χ1v) is 9.54. The van der Waals surface area contributed by atoms with Crippen molar-refractivity contribution in [1.29, 1.82) is 0 Å². The maximum Gasteiger partial charge on any atom is 0.271 e. The number of nitrogens with one attached hydrogen (secondary N) is 1. The van der Waals surface area contributed by atoms with Crippen LogP contribution in [-0.2, 0) is 0 Å². The van der Waals surface area contributed by atoms with Gasteiger partial charge in [0.25, 0.3) is 5.91 Å².